The minimum absolute atomic E-state index is 0.337. The van der Waals surface area contributed by atoms with E-state index in [9.17, 15) is 5.26 Å². The molecule has 5 nitrogen and oxygen atoms in total. The van der Waals surface area contributed by atoms with Crippen molar-refractivity contribution in [2.45, 2.75) is 96.9 Å². The number of nitrogens with zero attached hydrogens (tertiary/aromatic N) is 5. The van der Waals surface area contributed by atoms with E-state index < -0.39 is 0 Å². The Morgan fingerprint density at radius 1 is 1.05 bits per heavy atom. The van der Waals surface area contributed by atoms with Crippen molar-refractivity contribution in [3.8, 4) is 17.2 Å². The van der Waals surface area contributed by atoms with E-state index in [0.717, 1.165) is 41.0 Å². The van der Waals surface area contributed by atoms with Gasteiger partial charge in [-0.3, -0.25) is 4.68 Å². The summed E-state index contributed by atoms with van der Waals surface area (Å²) in [5.74, 6) is 2.71. The topological polar surface area (TPSA) is 57.7 Å². The minimum atomic E-state index is 0.337. The third kappa shape index (κ3) is 6.33. The van der Waals surface area contributed by atoms with Crippen LogP contribution in [0.25, 0.3) is 11.1 Å². The molecule has 1 aromatic carbocycles. The summed E-state index contributed by atoms with van der Waals surface area (Å²) in [6.45, 7) is 12.1. The molecule has 0 bridgehead atoms. The Balaban J connectivity index is 1.33. The fourth-order valence-corrected chi connectivity index (χ4v) is 6.73. The molecule has 3 aromatic rings. The first-order valence-corrected chi connectivity index (χ1v) is 15.5. The summed E-state index contributed by atoms with van der Waals surface area (Å²) in [5, 5.41) is 14.2. The average Bonchev–Trinajstić information content (AvgIpc) is 3.51. The highest BCUT2D eigenvalue weighted by atomic mass is 15.3. The summed E-state index contributed by atoms with van der Waals surface area (Å²) < 4.78 is 2.02. The highest BCUT2D eigenvalue weighted by Crippen LogP contribution is 2.39. The largest absolute Gasteiger partial charge is 0.330 e. The van der Waals surface area contributed by atoms with E-state index in [4.69, 9.17) is 4.98 Å². The van der Waals surface area contributed by atoms with Crippen molar-refractivity contribution in [1.82, 2.24) is 14.8 Å². The number of hydrogen-bond donors (Lipinski definition) is 0. The normalized spacial score (nSPS) is 19.9. The second kappa shape index (κ2) is 12.9. The maximum atomic E-state index is 9.62. The molecule has 0 amide bonds. The van der Waals surface area contributed by atoms with E-state index in [1.54, 1.807) is 0 Å². The van der Waals surface area contributed by atoms with Crippen molar-refractivity contribution in [3.63, 3.8) is 0 Å². The van der Waals surface area contributed by atoms with Crippen LogP contribution in [0.5, 0.6) is 0 Å². The van der Waals surface area contributed by atoms with Gasteiger partial charge in [0, 0.05) is 36.2 Å². The maximum absolute atomic E-state index is 9.62. The minimum Gasteiger partial charge on any atom is -0.330 e. The van der Waals surface area contributed by atoms with Gasteiger partial charge in [-0.2, -0.15) is 10.4 Å². The van der Waals surface area contributed by atoms with Crippen LogP contribution in [0.3, 0.4) is 0 Å². The predicted molar refractivity (Wildman–Crippen MR) is 164 cm³/mol. The van der Waals surface area contributed by atoms with E-state index >= 15 is 0 Å². The first-order valence-electron chi connectivity index (χ1n) is 15.5. The van der Waals surface area contributed by atoms with E-state index in [1.807, 2.05) is 17.1 Å². The third-order valence-electron chi connectivity index (χ3n) is 9.30. The van der Waals surface area contributed by atoms with Crippen LogP contribution in [0.1, 0.15) is 107 Å². The number of allylic oxidation sites excluding steroid dienone is 1. The highest BCUT2D eigenvalue weighted by Gasteiger charge is 2.28. The summed E-state index contributed by atoms with van der Waals surface area (Å²) >= 11 is 0. The number of aryl methyl sites for hydroxylation is 1. The summed E-state index contributed by atoms with van der Waals surface area (Å²) in [4.78, 5) is 7.35. The van der Waals surface area contributed by atoms with E-state index in [2.05, 4.69) is 79.9 Å². The van der Waals surface area contributed by atoms with Crippen LogP contribution in [0.15, 0.2) is 61.2 Å². The van der Waals surface area contributed by atoms with Crippen LogP contribution < -0.4 is 4.90 Å². The molecular weight excluding hydrogens is 490 g/mol. The lowest BCUT2D eigenvalue weighted by Crippen LogP contribution is -2.34. The van der Waals surface area contributed by atoms with Crippen molar-refractivity contribution in [1.29, 1.82) is 5.26 Å². The Kier molecular flexibility index (Phi) is 9.04. The summed E-state index contributed by atoms with van der Waals surface area (Å²) in [5.41, 5.74) is 6.88. The first kappa shape index (κ1) is 28.1. The molecule has 2 heterocycles. The van der Waals surface area contributed by atoms with Crippen LogP contribution >= 0.6 is 0 Å². The van der Waals surface area contributed by atoms with Gasteiger partial charge in [-0.15, -0.1) is 0 Å². The van der Waals surface area contributed by atoms with Crippen molar-refractivity contribution >= 4 is 5.82 Å². The van der Waals surface area contributed by atoms with Crippen LogP contribution in [-0.2, 0) is 6.42 Å². The van der Waals surface area contributed by atoms with Crippen molar-refractivity contribution in [3.05, 3.63) is 77.9 Å². The average molecular weight is 536 g/mol. The Morgan fingerprint density at radius 2 is 1.82 bits per heavy atom. The summed E-state index contributed by atoms with van der Waals surface area (Å²) in [6.07, 6.45) is 18.1. The number of anilines is 1. The van der Waals surface area contributed by atoms with Gasteiger partial charge in [-0.25, -0.2) is 4.98 Å². The molecule has 40 heavy (non-hydrogen) atoms. The first-order chi connectivity index (χ1) is 19.5. The third-order valence-corrected chi connectivity index (χ3v) is 9.30. The van der Waals surface area contributed by atoms with E-state index in [-0.39, 0.29) is 0 Å². The molecule has 2 aromatic heterocycles. The van der Waals surface area contributed by atoms with Gasteiger partial charge in [-0.05, 0) is 111 Å². The molecule has 0 saturated heterocycles. The molecule has 0 spiro atoms. The van der Waals surface area contributed by atoms with Crippen LogP contribution in [0.2, 0.25) is 0 Å². The molecule has 210 valence electrons. The number of benzene rings is 1. The number of hydrogen-bond acceptors (Lipinski definition) is 4. The Labute approximate surface area is 240 Å². The van der Waals surface area contributed by atoms with Gasteiger partial charge in [0.15, 0.2) is 0 Å². The lowest BCUT2D eigenvalue weighted by Gasteiger charge is -2.37. The lowest BCUT2D eigenvalue weighted by atomic mass is 9.77. The van der Waals surface area contributed by atoms with Crippen molar-refractivity contribution < 1.29 is 0 Å². The zero-order valence-electron chi connectivity index (χ0n) is 24.6. The van der Waals surface area contributed by atoms with Gasteiger partial charge in [0.2, 0.25) is 0 Å². The zero-order chi connectivity index (χ0) is 28.1. The van der Waals surface area contributed by atoms with Crippen LogP contribution in [0.4, 0.5) is 5.82 Å². The number of pyridine rings is 1. The molecular formula is C35H45N5. The molecule has 2 saturated carbocycles. The second-order valence-corrected chi connectivity index (χ2v) is 12.2. The smallest absolute Gasteiger partial charge is 0.133 e. The van der Waals surface area contributed by atoms with E-state index in [1.165, 1.54) is 69.0 Å². The second-order valence-electron chi connectivity index (χ2n) is 12.2. The van der Waals surface area contributed by atoms with Gasteiger partial charge in [0.1, 0.15) is 5.82 Å². The highest BCUT2D eigenvalue weighted by molar-refractivity contribution is 5.66. The maximum Gasteiger partial charge on any atom is 0.133 e. The molecule has 0 unspecified atom stereocenters. The molecule has 2 fully saturated rings. The molecule has 0 atom stereocenters. The summed E-state index contributed by atoms with van der Waals surface area (Å²) in [6, 6.07) is 13.7. The molecule has 2 aliphatic carbocycles. The standard InChI is InChI=1S/C35H45N5/c1-5-28-15-16-31(19-33(28)21-36)30-13-11-27(12-14-30)23-39(26(4)29-9-7-6-8-10-29)35-20-32(17-18-37-35)34-22-38-40(24-34)25(2)3/h15-20,22,24-25,27,29-30H,4-14,23H2,1-3H3. The fourth-order valence-electron chi connectivity index (χ4n) is 6.73. The number of nitriles is 1. The molecule has 5 rings (SSSR count). The monoisotopic (exact) mass is 535 g/mol. The molecule has 0 aliphatic heterocycles. The van der Waals surface area contributed by atoms with Crippen molar-refractivity contribution in [2.75, 3.05) is 11.4 Å². The molecule has 2 aliphatic rings. The van der Waals surface area contributed by atoms with Gasteiger partial charge < -0.3 is 4.90 Å². The van der Waals surface area contributed by atoms with Gasteiger partial charge in [0.05, 0.1) is 17.8 Å². The Hall–Kier alpha value is -3.39. The van der Waals surface area contributed by atoms with Gasteiger partial charge in [0.25, 0.3) is 0 Å². The number of aromatic nitrogens is 3. The quantitative estimate of drug-likeness (QED) is 0.275. The van der Waals surface area contributed by atoms with Gasteiger partial charge in [-0.1, -0.05) is 44.9 Å². The SMILES string of the molecule is C=C(C1CCCCC1)N(CC1CCC(c2ccc(CC)c(C#N)c2)CC1)c1cc(-c2cnn(C(C)C)c2)ccn1. The Morgan fingerprint density at radius 3 is 2.50 bits per heavy atom. The zero-order valence-corrected chi connectivity index (χ0v) is 24.6. The number of rotatable bonds is 9. The molecule has 0 radical (unpaired) electrons. The predicted octanol–water partition coefficient (Wildman–Crippen LogP) is 8.83. The van der Waals surface area contributed by atoms with Crippen LogP contribution in [-0.4, -0.2) is 21.3 Å². The Bertz CT molecular complexity index is 1330. The lowest BCUT2D eigenvalue weighted by molar-refractivity contribution is 0.323. The van der Waals surface area contributed by atoms with Gasteiger partial charge >= 0.3 is 0 Å². The summed E-state index contributed by atoms with van der Waals surface area (Å²) in [7, 11) is 0. The van der Waals surface area contributed by atoms with Crippen LogP contribution in [0, 0.1) is 23.2 Å². The fraction of sp³-hybridized carbons (Fsp3) is 0.514. The molecule has 0 N–H and O–H groups in total. The van der Waals surface area contributed by atoms with Crippen molar-refractivity contribution in [2.24, 2.45) is 11.8 Å². The van der Waals surface area contributed by atoms with E-state index in [0.29, 0.717) is 23.8 Å². The molecule has 5 heteroatoms.